The Balaban J connectivity index is 1.54. The standard InChI is InChI=1S/C19H15FN2O2/c20-16-6-3-4-13(10-16)8-9-22-12-15-11-14-5-1-2-7-17(14)21-18(15)24-19(22)23/h1-7,10-11H,8-9,12H2. The number of aromatic nitrogens is 1. The molecule has 2 heterocycles. The van der Waals surface area contributed by atoms with E-state index in [1.807, 2.05) is 36.4 Å². The SMILES string of the molecule is O=C1Oc2nc3ccccc3cc2CN1CCc1cccc(F)c1. The molecule has 0 bridgehead atoms. The molecular formula is C19H15FN2O2. The summed E-state index contributed by atoms with van der Waals surface area (Å²) in [5.41, 5.74) is 2.54. The van der Waals surface area contributed by atoms with Gasteiger partial charge < -0.3 is 9.64 Å². The smallest absolute Gasteiger partial charge is 0.391 e. The summed E-state index contributed by atoms with van der Waals surface area (Å²) in [6, 6.07) is 16.1. The average molecular weight is 322 g/mol. The van der Waals surface area contributed by atoms with E-state index < -0.39 is 6.09 Å². The van der Waals surface area contributed by atoms with E-state index in [1.54, 1.807) is 11.0 Å². The predicted molar refractivity (Wildman–Crippen MR) is 88.3 cm³/mol. The van der Waals surface area contributed by atoms with E-state index in [-0.39, 0.29) is 5.82 Å². The molecule has 1 aromatic heterocycles. The molecular weight excluding hydrogens is 307 g/mol. The van der Waals surface area contributed by atoms with Gasteiger partial charge in [0.2, 0.25) is 5.88 Å². The van der Waals surface area contributed by atoms with E-state index in [0.717, 1.165) is 22.0 Å². The van der Waals surface area contributed by atoms with Gasteiger partial charge in [0.1, 0.15) is 5.82 Å². The van der Waals surface area contributed by atoms with Crippen molar-refractivity contribution in [3.05, 3.63) is 71.5 Å². The van der Waals surface area contributed by atoms with E-state index in [9.17, 15) is 9.18 Å². The Bertz CT molecular complexity index is 926. The van der Waals surface area contributed by atoms with Crippen LogP contribution in [0.25, 0.3) is 10.9 Å². The summed E-state index contributed by atoms with van der Waals surface area (Å²) < 4.78 is 18.6. The number of para-hydroxylation sites is 1. The topological polar surface area (TPSA) is 42.4 Å². The molecule has 0 unspecified atom stereocenters. The van der Waals surface area contributed by atoms with Gasteiger partial charge in [0.15, 0.2) is 0 Å². The van der Waals surface area contributed by atoms with Crippen molar-refractivity contribution in [2.45, 2.75) is 13.0 Å². The third-order valence-electron chi connectivity index (χ3n) is 4.13. The molecule has 0 spiro atoms. The van der Waals surface area contributed by atoms with Crippen LogP contribution in [0, 0.1) is 5.82 Å². The van der Waals surface area contributed by atoms with Gasteiger partial charge in [-0.05, 0) is 36.2 Å². The highest BCUT2D eigenvalue weighted by molar-refractivity contribution is 5.82. The number of hydrogen-bond donors (Lipinski definition) is 0. The predicted octanol–water partition coefficient (Wildman–Crippen LogP) is 3.93. The van der Waals surface area contributed by atoms with Crippen molar-refractivity contribution in [2.24, 2.45) is 0 Å². The molecule has 0 fully saturated rings. The lowest BCUT2D eigenvalue weighted by atomic mass is 10.1. The molecule has 4 rings (SSSR count). The second kappa shape index (κ2) is 5.92. The maximum absolute atomic E-state index is 13.2. The van der Waals surface area contributed by atoms with Crippen LogP contribution < -0.4 is 4.74 Å². The van der Waals surface area contributed by atoms with E-state index in [1.165, 1.54) is 12.1 Å². The van der Waals surface area contributed by atoms with Gasteiger partial charge in [-0.25, -0.2) is 14.2 Å². The van der Waals surface area contributed by atoms with Crippen molar-refractivity contribution in [1.29, 1.82) is 0 Å². The van der Waals surface area contributed by atoms with Crippen LogP contribution in [-0.2, 0) is 13.0 Å². The Morgan fingerprint density at radius 2 is 2.00 bits per heavy atom. The summed E-state index contributed by atoms with van der Waals surface area (Å²) in [7, 11) is 0. The lowest BCUT2D eigenvalue weighted by Gasteiger charge is -2.27. The number of carbonyl (C=O) groups excluding carboxylic acids is 1. The number of hydrogen-bond acceptors (Lipinski definition) is 3. The highest BCUT2D eigenvalue weighted by Gasteiger charge is 2.26. The molecule has 0 saturated carbocycles. The zero-order valence-corrected chi connectivity index (χ0v) is 12.9. The van der Waals surface area contributed by atoms with E-state index in [2.05, 4.69) is 4.98 Å². The molecule has 24 heavy (non-hydrogen) atoms. The van der Waals surface area contributed by atoms with Crippen molar-refractivity contribution in [3.8, 4) is 5.88 Å². The molecule has 5 heteroatoms. The van der Waals surface area contributed by atoms with Crippen LogP contribution in [0.2, 0.25) is 0 Å². The molecule has 0 radical (unpaired) electrons. The first-order valence-corrected chi connectivity index (χ1v) is 7.79. The van der Waals surface area contributed by atoms with Crippen LogP contribution in [0.5, 0.6) is 5.88 Å². The number of fused-ring (bicyclic) bond motifs is 2. The zero-order valence-electron chi connectivity index (χ0n) is 12.9. The van der Waals surface area contributed by atoms with Crippen molar-refractivity contribution >= 4 is 17.0 Å². The van der Waals surface area contributed by atoms with Gasteiger partial charge in [-0.15, -0.1) is 0 Å². The van der Waals surface area contributed by atoms with Gasteiger partial charge in [0.05, 0.1) is 12.1 Å². The zero-order chi connectivity index (χ0) is 16.5. The first kappa shape index (κ1) is 14.6. The summed E-state index contributed by atoms with van der Waals surface area (Å²) in [5.74, 6) is 0.107. The van der Waals surface area contributed by atoms with Crippen LogP contribution in [-0.4, -0.2) is 22.5 Å². The second-order valence-corrected chi connectivity index (χ2v) is 5.81. The molecule has 0 N–H and O–H groups in total. The Morgan fingerprint density at radius 1 is 1.12 bits per heavy atom. The highest BCUT2D eigenvalue weighted by Crippen LogP contribution is 2.27. The van der Waals surface area contributed by atoms with Crippen molar-refractivity contribution in [2.75, 3.05) is 6.54 Å². The molecule has 2 aromatic carbocycles. The second-order valence-electron chi connectivity index (χ2n) is 5.81. The Labute approximate surface area is 138 Å². The van der Waals surface area contributed by atoms with Crippen LogP contribution >= 0.6 is 0 Å². The molecule has 1 aliphatic heterocycles. The van der Waals surface area contributed by atoms with Crippen LogP contribution in [0.4, 0.5) is 9.18 Å². The largest absolute Gasteiger partial charge is 0.416 e. The summed E-state index contributed by atoms with van der Waals surface area (Å²) in [4.78, 5) is 18.2. The molecule has 1 aliphatic rings. The monoisotopic (exact) mass is 322 g/mol. The number of benzene rings is 2. The van der Waals surface area contributed by atoms with Crippen molar-refractivity contribution in [3.63, 3.8) is 0 Å². The normalized spacial score (nSPS) is 13.7. The maximum atomic E-state index is 13.2. The fourth-order valence-corrected chi connectivity index (χ4v) is 2.89. The highest BCUT2D eigenvalue weighted by atomic mass is 19.1. The van der Waals surface area contributed by atoms with Crippen LogP contribution in [0.15, 0.2) is 54.6 Å². The average Bonchev–Trinajstić information content (AvgIpc) is 2.58. The fraction of sp³-hybridized carbons (Fsp3) is 0.158. The quantitative estimate of drug-likeness (QED) is 0.734. The molecule has 4 nitrogen and oxygen atoms in total. The number of ether oxygens (including phenoxy) is 1. The lowest BCUT2D eigenvalue weighted by Crippen LogP contribution is -2.38. The van der Waals surface area contributed by atoms with Gasteiger partial charge in [-0.3, -0.25) is 0 Å². The van der Waals surface area contributed by atoms with Gasteiger partial charge in [0.25, 0.3) is 0 Å². The number of pyridine rings is 1. The minimum atomic E-state index is -0.415. The molecule has 1 amide bonds. The van der Waals surface area contributed by atoms with Crippen LogP contribution in [0.1, 0.15) is 11.1 Å². The Hall–Kier alpha value is -2.95. The Kier molecular flexibility index (Phi) is 3.61. The lowest BCUT2D eigenvalue weighted by molar-refractivity contribution is 0.137. The molecule has 3 aromatic rings. The summed E-state index contributed by atoms with van der Waals surface area (Å²) in [6.07, 6.45) is 0.158. The first-order chi connectivity index (χ1) is 11.7. The number of carbonyl (C=O) groups is 1. The Morgan fingerprint density at radius 3 is 2.88 bits per heavy atom. The number of nitrogens with zero attached hydrogens (tertiary/aromatic N) is 2. The number of rotatable bonds is 3. The van der Waals surface area contributed by atoms with Gasteiger partial charge in [0, 0.05) is 17.5 Å². The van der Waals surface area contributed by atoms with Crippen molar-refractivity contribution in [1.82, 2.24) is 9.88 Å². The fourth-order valence-electron chi connectivity index (χ4n) is 2.89. The third-order valence-corrected chi connectivity index (χ3v) is 4.13. The maximum Gasteiger partial charge on any atom is 0.416 e. The summed E-state index contributed by atoms with van der Waals surface area (Å²) >= 11 is 0. The van der Waals surface area contributed by atoms with E-state index >= 15 is 0 Å². The minimum absolute atomic E-state index is 0.269. The molecule has 0 atom stereocenters. The molecule has 0 saturated heterocycles. The summed E-state index contributed by atoms with van der Waals surface area (Å²) in [6.45, 7) is 0.913. The molecule has 0 aliphatic carbocycles. The number of halogens is 1. The molecule has 120 valence electrons. The number of amides is 1. The minimum Gasteiger partial charge on any atom is -0.391 e. The van der Waals surface area contributed by atoms with Crippen LogP contribution in [0.3, 0.4) is 0 Å². The van der Waals surface area contributed by atoms with Crippen molar-refractivity contribution < 1.29 is 13.9 Å². The third kappa shape index (κ3) is 2.80. The van der Waals surface area contributed by atoms with E-state index in [0.29, 0.717) is 25.4 Å². The summed E-state index contributed by atoms with van der Waals surface area (Å²) in [5, 5.41) is 1.01. The van der Waals surface area contributed by atoms with Gasteiger partial charge in [-0.2, -0.15) is 0 Å². The van der Waals surface area contributed by atoms with E-state index in [4.69, 9.17) is 4.74 Å². The van der Waals surface area contributed by atoms with Gasteiger partial charge in [-0.1, -0.05) is 30.3 Å². The first-order valence-electron chi connectivity index (χ1n) is 7.79. The van der Waals surface area contributed by atoms with Gasteiger partial charge >= 0.3 is 6.09 Å².